The van der Waals surface area contributed by atoms with Crippen LogP contribution in [0.5, 0.6) is 0 Å². The van der Waals surface area contributed by atoms with E-state index in [2.05, 4.69) is 55.4 Å². The quantitative estimate of drug-likeness (QED) is 0.0222. The molecule has 0 saturated heterocycles. The van der Waals surface area contributed by atoms with Crippen LogP contribution in [0.2, 0.25) is 0 Å². The molecule has 0 fully saturated rings. The van der Waals surface area contributed by atoms with Gasteiger partial charge in [-0.05, 0) is 49.4 Å². The van der Waals surface area contributed by atoms with Gasteiger partial charge in [0.1, 0.15) is 19.3 Å². The average Bonchev–Trinajstić information content (AvgIpc) is 3.46. The lowest BCUT2D eigenvalue weighted by molar-refractivity contribution is -0.161. The van der Waals surface area contributed by atoms with Crippen LogP contribution in [0, 0.1) is 23.7 Å². The maximum absolute atomic E-state index is 13.0. The fraction of sp³-hybridized carbons (Fsp3) is 0.940. The summed E-state index contributed by atoms with van der Waals surface area (Å²) in [6.45, 7) is 14.0. The maximum atomic E-state index is 13.0. The smallest absolute Gasteiger partial charge is 0.462 e. The minimum absolute atomic E-state index is 0.104. The number of unbranched alkanes of at least 4 members (excludes halogenated alkanes) is 29. The number of carbonyl (C=O) groups excluding carboxylic acids is 4. The van der Waals surface area contributed by atoms with Crippen molar-refractivity contribution in [3.05, 3.63) is 0 Å². The van der Waals surface area contributed by atoms with Crippen LogP contribution in [0.25, 0.3) is 0 Å². The molecular weight excluding hydrogens is 1140 g/mol. The number of aliphatic hydroxyl groups excluding tert-OH is 1. The fourth-order valence-electron chi connectivity index (χ4n) is 9.93. The summed E-state index contributed by atoms with van der Waals surface area (Å²) >= 11 is 0. The number of hydrogen-bond donors (Lipinski definition) is 3. The van der Waals surface area contributed by atoms with Crippen LogP contribution in [0.3, 0.4) is 0 Å². The Morgan fingerprint density at radius 3 is 0.826 bits per heavy atom. The molecule has 17 nitrogen and oxygen atoms in total. The molecule has 0 aromatic rings. The lowest BCUT2D eigenvalue weighted by atomic mass is 9.99. The van der Waals surface area contributed by atoms with Gasteiger partial charge in [0.25, 0.3) is 0 Å². The molecule has 0 radical (unpaired) electrons. The summed E-state index contributed by atoms with van der Waals surface area (Å²) in [7, 11) is -9.90. The van der Waals surface area contributed by atoms with E-state index in [-0.39, 0.29) is 25.7 Å². The monoisotopic (exact) mass is 1270 g/mol. The number of esters is 4. The van der Waals surface area contributed by atoms with Crippen molar-refractivity contribution in [1.29, 1.82) is 0 Å². The molecule has 510 valence electrons. The van der Waals surface area contributed by atoms with E-state index in [0.29, 0.717) is 37.5 Å². The van der Waals surface area contributed by atoms with Crippen molar-refractivity contribution < 1.29 is 80.2 Å². The maximum Gasteiger partial charge on any atom is 0.472 e. The van der Waals surface area contributed by atoms with Crippen LogP contribution in [0.1, 0.15) is 325 Å². The van der Waals surface area contributed by atoms with Crippen LogP contribution in [-0.2, 0) is 65.4 Å². The van der Waals surface area contributed by atoms with Crippen molar-refractivity contribution in [2.75, 3.05) is 39.6 Å². The highest BCUT2D eigenvalue weighted by molar-refractivity contribution is 7.47. The molecule has 0 amide bonds. The molecule has 6 atom stereocenters. The zero-order chi connectivity index (χ0) is 63.9. The van der Waals surface area contributed by atoms with Gasteiger partial charge in [0.05, 0.1) is 26.4 Å². The van der Waals surface area contributed by atoms with E-state index in [0.717, 1.165) is 115 Å². The summed E-state index contributed by atoms with van der Waals surface area (Å²) in [5, 5.41) is 10.6. The first kappa shape index (κ1) is 84.1. The molecule has 0 aromatic carbocycles. The number of ether oxygens (including phenoxy) is 4. The van der Waals surface area contributed by atoms with Crippen LogP contribution >= 0.6 is 15.6 Å². The van der Waals surface area contributed by atoms with Gasteiger partial charge in [-0.15, -0.1) is 0 Å². The summed E-state index contributed by atoms with van der Waals surface area (Å²) in [4.78, 5) is 72.4. The van der Waals surface area contributed by atoms with Crippen LogP contribution in [0.4, 0.5) is 0 Å². The molecule has 0 saturated carbocycles. The molecule has 0 aliphatic rings. The Bertz CT molecular complexity index is 1720. The minimum atomic E-state index is -4.95. The van der Waals surface area contributed by atoms with Gasteiger partial charge in [-0.3, -0.25) is 37.3 Å². The Balaban J connectivity index is 5.26. The summed E-state index contributed by atoms with van der Waals surface area (Å²) in [5.74, 6) is 0.814. The third kappa shape index (κ3) is 59.7. The van der Waals surface area contributed by atoms with Gasteiger partial charge in [-0.25, -0.2) is 9.13 Å². The molecule has 0 aromatic heterocycles. The van der Waals surface area contributed by atoms with Gasteiger partial charge in [0.2, 0.25) is 0 Å². The Morgan fingerprint density at radius 2 is 0.558 bits per heavy atom. The zero-order valence-corrected chi connectivity index (χ0v) is 57.7. The molecular formula is C67H130O17P2. The molecule has 3 N–H and O–H groups in total. The summed E-state index contributed by atoms with van der Waals surface area (Å²) in [6, 6.07) is 0. The molecule has 19 heteroatoms. The third-order valence-electron chi connectivity index (χ3n) is 15.7. The summed E-state index contributed by atoms with van der Waals surface area (Å²) in [5.41, 5.74) is 0. The van der Waals surface area contributed by atoms with Gasteiger partial charge >= 0.3 is 39.5 Å². The van der Waals surface area contributed by atoms with Gasteiger partial charge in [-0.1, -0.05) is 274 Å². The molecule has 0 rings (SSSR count). The fourth-order valence-corrected chi connectivity index (χ4v) is 11.5. The zero-order valence-electron chi connectivity index (χ0n) is 55.9. The average molecular weight is 1270 g/mol. The first-order chi connectivity index (χ1) is 41.1. The highest BCUT2D eigenvalue weighted by Crippen LogP contribution is 2.45. The Hall–Kier alpha value is -1.94. The Morgan fingerprint density at radius 1 is 0.326 bits per heavy atom. The molecule has 0 heterocycles. The Labute approximate surface area is 524 Å². The topological polar surface area (TPSA) is 237 Å². The van der Waals surface area contributed by atoms with Crippen molar-refractivity contribution in [1.82, 2.24) is 0 Å². The van der Waals surface area contributed by atoms with E-state index < -0.39 is 97.5 Å². The SMILES string of the molecule is CCC(C)CCCCCCCCCCCCC(=O)O[C@H](COC(=O)CCCCCCCCCC(C)C)COP(=O)(O)OCC(O)COP(=O)(O)OC[C@@H](COC(=O)CCCCCCCCCC(C)C)OC(=O)CCCCCCCCCCCC(C)C. The molecule has 0 aliphatic carbocycles. The highest BCUT2D eigenvalue weighted by atomic mass is 31.2. The van der Waals surface area contributed by atoms with Crippen LogP contribution in [-0.4, -0.2) is 96.7 Å². The molecule has 0 spiro atoms. The first-order valence-electron chi connectivity index (χ1n) is 34.7. The summed E-state index contributed by atoms with van der Waals surface area (Å²) in [6.07, 6.45) is 37.6. The van der Waals surface area contributed by atoms with Crippen molar-refractivity contribution in [3.8, 4) is 0 Å². The minimum Gasteiger partial charge on any atom is -0.462 e. The molecule has 0 aliphatic heterocycles. The normalized spacial score (nSPS) is 14.7. The largest absolute Gasteiger partial charge is 0.472 e. The first-order valence-corrected chi connectivity index (χ1v) is 37.7. The highest BCUT2D eigenvalue weighted by Gasteiger charge is 2.30. The number of phosphoric ester groups is 2. The lowest BCUT2D eigenvalue weighted by Crippen LogP contribution is -2.30. The number of rotatable bonds is 64. The second kappa shape index (κ2) is 57.0. The lowest BCUT2D eigenvalue weighted by Gasteiger charge is -2.21. The number of aliphatic hydroxyl groups is 1. The number of carbonyl (C=O) groups is 4. The van der Waals surface area contributed by atoms with Gasteiger partial charge in [0.15, 0.2) is 12.2 Å². The molecule has 86 heavy (non-hydrogen) atoms. The van der Waals surface area contributed by atoms with E-state index in [1.807, 2.05) is 0 Å². The predicted octanol–water partition coefficient (Wildman–Crippen LogP) is 18.5. The van der Waals surface area contributed by atoms with Gasteiger partial charge in [0, 0.05) is 25.7 Å². The van der Waals surface area contributed by atoms with Gasteiger partial charge < -0.3 is 33.8 Å². The standard InChI is InChI=1S/C67H130O17P2/c1-9-60(8)46-38-30-22-14-10-11-15-23-33-41-49-66(71)83-62(53-77-64(69)47-39-31-25-17-20-28-36-44-58(4)5)55-81-85(73,74)79-51-61(68)52-80-86(75,76)82-56-63(54-78-65(70)48-40-32-26-18-21-29-37-45-59(6)7)84-67(72)50-42-34-24-16-12-13-19-27-35-43-57(2)3/h57-63,68H,9-56H2,1-8H3,(H,73,74)(H,75,76)/t60?,61?,62-,63-/m1/s1. The second-order valence-electron chi connectivity index (χ2n) is 25.9. The van der Waals surface area contributed by atoms with Crippen molar-refractivity contribution >= 4 is 39.5 Å². The van der Waals surface area contributed by atoms with E-state index >= 15 is 0 Å². The molecule has 4 unspecified atom stereocenters. The van der Waals surface area contributed by atoms with E-state index in [1.165, 1.54) is 116 Å². The van der Waals surface area contributed by atoms with E-state index in [9.17, 15) is 43.2 Å². The molecule has 0 bridgehead atoms. The van der Waals surface area contributed by atoms with Crippen molar-refractivity contribution in [3.63, 3.8) is 0 Å². The van der Waals surface area contributed by atoms with Crippen LogP contribution in [0.15, 0.2) is 0 Å². The number of hydrogen-bond acceptors (Lipinski definition) is 15. The van der Waals surface area contributed by atoms with Crippen molar-refractivity contribution in [2.24, 2.45) is 23.7 Å². The summed E-state index contributed by atoms with van der Waals surface area (Å²) < 4.78 is 68.1. The third-order valence-corrected chi connectivity index (χ3v) is 17.6. The van der Waals surface area contributed by atoms with E-state index in [4.69, 9.17) is 37.0 Å². The second-order valence-corrected chi connectivity index (χ2v) is 28.8. The van der Waals surface area contributed by atoms with E-state index in [1.54, 1.807) is 0 Å². The predicted molar refractivity (Wildman–Crippen MR) is 344 cm³/mol. The van der Waals surface area contributed by atoms with Crippen LogP contribution < -0.4 is 0 Å². The van der Waals surface area contributed by atoms with Gasteiger partial charge in [-0.2, -0.15) is 0 Å². The number of phosphoric acid groups is 2. The Kier molecular flexibility index (Phi) is 55.7. The van der Waals surface area contributed by atoms with Crippen molar-refractivity contribution in [2.45, 2.75) is 343 Å².